The summed E-state index contributed by atoms with van der Waals surface area (Å²) in [5.41, 5.74) is 0. The van der Waals surface area contributed by atoms with Gasteiger partial charge in [0.15, 0.2) is 6.10 Å². The quantitative estimate of drug-likeness (QED) is 0.0348. The van der Waals surface area contributed by atoms with Crippen molar-refractivity contribution in [2.75, 3.05) is 13.2 Å². The predicted molar refractivity (Wildman–Crippen MR) is 238 cm³/mol. The first-order valence-electron chi connectivity index (χ1n) is 24.6. The lowest BCUT2D eigenvalue weighted by atomic mass is 10.0. The topological polar surface area (TPSA) is 78.9 Å². The van der Waals surface area contributed by atoms with Gasteiger partial charge >= 0.3 is 17.9 Å². The molecule has 6 nitrogen and oxygen atoms in total. The average Bonchev–Trinajstić information content (AvgIpc) is 3.15. The molecule has 0 heterocycles. The van der Waals surface area contributed by atoms with Crippen LogP contribution in [-0.4, -0.2) is 37.2 Å². The summed E-state index contributed by atoms with van der Waals surface area (Å²) in [4.78, 5) is 37.8. The van der Waals surface area contributed by atoms with E-state index in [9.17, 15) is 14.4 Å². The summed E-state index contributed by atoms with van der Waals surface area (Å²) in [6.45, 7) is 13.6. The first-order chi connectivity index (χ1) is 27.1. The van der Waals surface area contributed by atoms with Gasteiger partial charge in [-0.3, -0.25) is 14.4 Å². The van der Waals surface area contributed by atoms with E-state index in [-0.39, 0.29) is 31.1 Å². The van der Waals surface area contributed by atoms with Crippen LogP contribution in [0.4, 0.5) is 0 Å². The van der Waals surface area contributed by atoms with Crippen molar-refractivity contribution < 1.29 is 28.6 Å². The second-order valence-corrected chi connectivity index (χ2v) is 18.5. The van der Waals surface area contributed by atoms with E-state index < -0.39 is 6.10 Å². The second-order valence-electron chi connectivity index (χ2n) is 18.5. The van der Waals surface area contributed by atoms with Gasteiger partial charge < -0.3 is 14.2 Å². The van der Waals surface area contributed by atoms with Gasteiger partial charge in [0.05, 0.1) is 0 Å². The minimum Gasteiger partial charge on any atom is -0.462 e. The SMILES string of the molecule is CC(C)CCCCCCCCCCCCCCC(=O)OC[C@H](COC(=O)CCCCCCCCCC(C)C)OC(=O)CCCCCCCCCCCCC(C)C. The number of esters is 3. The highest BCUT2D eigenvalue weighted by Gasteiger charge is 2.19. The van der Waals surface area contributed by atoms with Crippen molar-refractivity contribution >= 4 is 17.9 Å². The van der Waals surface area contributed by atoms with Gasteiger partial charge in [-0.25, -0.2) is 0 Å². The average molecular weight is 793 g/mol. The fourth-order valence-corrected chi connectivity index (χ4v) is 7.41. The molecule has 1 atom stereocenters. The summed E-state index contributed by atoms with van der Waals surface area (Å²) >= 11 is 0. The third-order valence-corrected chi connectivity index (χ3v) is 11.1. The zero-order valence-corrected chi connectivity index (χ0v) is 38.4. The Kier molecular flexibility index (Phi) is 40.4. The normalized spacial score (nSPS) is 12.2. The summed E-state index contributed by atoms with van der Waals surface area (Å²) in [6.07, 6.45) is 39.5. The molecule has 0 rings (SSSR count). The van der Waals surface area contributed by atoms with Crippen molar-refractivity contribution in [3.05, 3.63) is 0 Å². The van der Waals surface area contributed by atoms with Gasteiger partial charge in [0.1, 0.15) is 13.2 Å². The minimum absolute atomic E-state index is 0.0656. The first kappa shape index (κ1) is 54.4. The molecule has 0 aliphatic carbocycles. The molecule has 6 heteroatoms. The van der Waals surface area contributed by atoms with Crippen LogP contribution < -0.4 is 0 Å². The lowest BCUT2D eigenvalue weighted by Crippen LogP contribution is -2.30. The standard InChI is InChI=1S/C50H96O6/c1-44(2)36-30-24-18-13-9-7-8-10-15-21-27-33-39-48(51)54-42-47(43-55-49(52)40-34-28-23-17-20-26-32-38-46(5)6)56-50(53)41-35-29-22-16-12-11-14-19-25-31-37-45(3)4/h44-47H,7-43H2,1-6H3/t47-/m1/s1. The van der Waals surface area contributed by atoms with E-state index >= 15 is 0 Å². The number of unbranched alkanes of at least 4 members (excludes halogenated alkanes) is 26. The number of hydrogen-bond donors (Lipinski definition) is 0. The van der Waals surface area contributed by atoms with Crippen molar-refractivity contribution in [1.29, 1.82) is 0 Å². The van der Waals surface area contributed by atoms with Crippen LogP contribution in [-0.2, 0) is 28.6 Å². The molecule has 0 bridgehead atoms. The summed E-state index contributed by atoms with van der Waals surface area (Å²) in [6, 6.07) is 0. The van der Waals surface area contributed by atoms with E-state index in [1.54, 1.807) is 0 Å². The zero-order chi connectivity index (χ0) is 41.3. The highest BCUT2D eigenvalue weighted by molar-refractivity contribution is 5.71. The van der Waals surface area contributed by atoms with Crippen LogP contribution in [0, 0.1) is 17.8 Å². The molecule has 0 aromatic carbocycles. The lowest BCUT2D eigenvalue weighted by molar-refractivity contribution is -0.167. The van der Waals surface area contributed by atoms with Gasteiger partial charge in [-0.1, -0.05) is 228 Å². The van der Waals surface area contributed by atoms with Crippen LogP contribution in [0.15, 0.2) is 0 Å². The van der Waals surface area contributed by atoms with E-state index in [4.69, 9.17) is 14.2 Å². The molecule has 0 radical (unpaired) electrons. The van der Waals surface area contributed by atoms with E-state index in [1.165, 1.54) is 148 Å². The van der Waals surface area contributed by atoms with Gasteiger partial charge in [0.2, 0.25) is 0 Å². The summed E-state index contributed by atoms with van der Waals surface area (Å²) in [5, 5.41) is 0. The van der Waals surface area contributed by atoms with Crippen molar-refractivity contribution in [2.24, 2.45) is 17.8 Å². The molecule has 0 amide bonds. The maximum absolute atomic E-state index is 12.7. The fourth-order valence-electron chi connectivity index (χ4n) is 7.41. The van der Waals surface area contributed by atoms with Gasteiger partial charge in [-0.15, -0.1) is 0 Å². The molecule has 0 aliphatic heterocycles. The first-order valence-corrected chi connectivity index (χ1v) is 24.6. The summed E-state index contributed by atoms with van der Waals surface area (Å²) < 4.78 is 16.8. The monoisotopic (exact) mass is 793 g/mol. The molecule has 0 aliphatic rings. The number of rotatable bonds is 43. The van der Waals surface area contributed by atoms with E-state index in [2.05, 4.69) is 41.5 Å². The van der Waals surface area contributed by atoms with Crippen molar-refractivity contribution in [1.82, 2.24) is 0 Å². The Balaban J connectivity index is 4.31. The molecular weight excluding hydrogens is 697 g/mol. The van der Waals surface area contributed by atoms with Gasteiger partial charge in [0.25, 0.3) is 0 Å². The Labute approximate surface area is 348 Å². The van der Waals surface area contributed by atoms with Crippen molar-refractivity contribution in [3.63, 3.8) is 0 Å². The second kappa shape index (κ2) is 41.6. The Morgan fingerprint density at radius 2 is 0.518 bits per heavy atom. The fraction of sp³-hybridized carbons (Fsp3) is 0.940. The Bertz CT molecular complexity index is 868. The maximum atomic E-state index is 12.7. The van der Waals surface area contributed by atoms with Crippen LogP contribution in [0.2, 0.25) is 0 Å². The Morgan fingerprint density at radius 1 is 0.304 bits per heavy atom. The molecule has 0 saturated carbocycles. The predicted octanol–water partition coefficient (Wildman–Crippen LogP) is 15.6. The molecule has 0 aromatic heterocycles. The molecular formula is C50H96O6. The molecule has 332 valence electrons. The van der Waals surface area contributed by atoms with Gasteiger partial charge in [-0.05, 0) is 37.0 Å². The molecule has 0 N–H and O–H groups in total. The van der Waals surface area contributed by atoms with E-state index in [0.29, 0.717) is 19.3 Å². The smallest absolute Gasteiger partial charge is 0.306 e. The molecule has 0 spiro atoms. The largest absolute Gasteiger partial charge is 0.462 e. The summed E-state index contributed by atoms with van der Waals surface area (Å²) in [7, 11) is 0. The number of hydrogen-bond acceptors (Lipinski definition) is 6. The highest BCUT2D eigenvalue weighted by Crippen LogP contribution is 2.17. The molecule has 0 unspecified atom stereocenters. The van der Waals surface area contributed by atoms with Crippen molar-refractivity contribution in [3.8, 4) is 0 Å². The molecule has 0 saturated heterocycles. The number of carbonyl (C=O) groups is 3. The van der Waals surface area contributed by atoms with Crippen LogP contribution in [0.3, 0.4) is 0 Å². The van der Waals surface area contributed by atoms with Gasteiger partial charge in [-0.2, -0.15) is 0 Å². The van der Waals surface area contributed by atoms with Crippen LogP contribution in [0.5, 0.6) is 0 Å². The Hall–Kier alpha value is -1.59. The lowest BCUT2D eigenvalue weighted by Gasteiger charge is -2.18. The van der Waals surface area contributed by atoms with E-state index in [1.807, 2.05) is 0 Å². The van der Waals surface area contributed by atoms with E-state index in [0.717, 1.165) is 75.5 Å². The Morgan fingerprint density at radius 3 is 0.768 bits per heavy atom. The van der Waals surface area contributed by atoms with Crippen molar-refractivity contribution in [2.45, 2.75) is 272 Å². The number of ether oxygens (including phenoxy) is 3. The van der Waals surface area contributed by atoms with Crippen LogP contribution in [0.1, 0.15) is 266 Å². The minimum atomic E-state index is -0.762. The third-order valence-electron chi connectivity index (χ3n) is 11.1. The van der Waals surface area contributed by atoms with Gasteiger partial charge in [0, 0.05) is 19.3 Å². The zero-order valence-electron chi connectivity index (χ0n) is 38.4. The summed E-state index contributed by atoms with van der Waals surface area (Å²) in [5.74, 6) is 1.57. The molecule has 56 heavy (non-hydrogen) atoms. The highest BCUT2D eigenvalue weighted by atomic mass is 16.6. The molecule has 0 aromatic rings. The maximum Gasteiger partial charge on any atom is 0.306 e. The van der Waals surface area contributed by atoms with Crippen LogP contribution in [0.25, 0.3) is 0 Å². The third kappa shape index (κ3) is 43.5. The molecule has 0 fully saturated rings. The van der Waals surface area contributed by atoms with Crippen LogP contribution >= 0.6 is 0 Å². The number of carbonyl (C=O) groups excluding carboxylic acids is 3.